The van der Waals surface area contributed by atoms with Gasteiger partial charge in [0.25, 0.3) is 0 Å². The fourth-order valence-electron chi connectivity index (χ4n) is 3.81. The molecular formula is C18H27ClN2O2. The van der Waals surface area contributed by atoms with Crippen molar-refractivity contribution in [2.24, 2.45) is 5.92 Å². The van der Waals surface area contributed by atoms with Crippen molar-refractivity contribution in [3.8, 4) is 5.75 Å². The molecule has 3 atom stereocenters. The van der Waals surface area contributed by atoms with Crippen molar-refractivity contribution in [1.29, 1.82) is 0 Å². The van der Waals surface area contributed by atoms with Crippen LogP contribution in [0.4, 0.5) is 0 Å². The number of methoxy groups -OCH3 is 1. The molecule has 0 aromatic heterocycles. The lowest BCUT2D eigenvalue weighted by Gasteiger charge is -2.24. The molecule has 3 unspecified atom stereocenters. The molecule has 0 spiro atoms. The summed E-state index contributed by atoms with van der Waals surface area (Å²) in [5.41, 5.74) is 2.19. The Morgan fingerprint density at radius 1 is 1.35 bits per heavy atom. The van der Waals surface area contributed by atoms with Gasteiger partial charge >= 0.3 is 0 Å². The zero-order chi connectivity index (χ0) is 15.5. The monoisotopic (exact) mass is 338 g/mol. The second kappa shape index (κ2) is 8.02. The van der Waals surface area contributed by atoms with Gasteiger partial charge in [0.05, 0.1) is 13.2 Å². The van der Waals surface area contributed by atoms with E-state index in [0.29, 0.717) is 18.5 Å². The normalized spacial score (nSPS) is 26.1. The Balaban J connectivity index is 0.00000192. The Morgan fingerprint density at radius 3 is 2.87 bits per heavy atom. The van der Waals surface area contributed by atoms with Crippen LogP contribution in [-0.4, -0.2) is 25.1 Å². The van der Waals surface area contributed by atoms with Crippen molar-refractivity contribution >= 4 is 18.3 Å². The van der Waals surface area contributed by atoms with Crippen LogP contribution in [0.5, 0.6) is 5.75 Å². The van der Waals surface area contributed by atoms with Gasteiger partial charge in [-0.2, -0.15) is 0 Å². The first-order valence-corrected chi connectivity index (χ1v) is 8.34. The van der Waals surface area contributed by atoms with Gasteiger partial charge in [-0.1, -0.05) is 25.0 Å². The lowest BCUT2D eigenvalue weighted by atomic mass is 9.85. The Kier molecular flexibility index (Phi) is 6.31. The number of aryl methyl sites for hydroxylation is 1. The van der Waals surface area contributed by atoms with E-state index >= 15 is 0 Å². The quantitative estimate of drug-likeness (QED) is 0.887. The molecule has 5 heteroatoms. The van der Waals surface area contributed by atoms with Gasteiger partial charge in [0.15, 0.2) is 0 Å². The van der Waals surface area contributed by atoms with Gasteiger partial charge in [0.2, 0.25) is 5.91 Å². The lowest BCUT2D eigenvalue weighted by molar-refractivity contribution is -0.123. The fraction of sp³-hybridized carbons (Fsp3) is 0.611. The Morgan fingerprint density at radius 2 is 2.13 bits per heavy atom. The largest absolute Gasteiger partial charge is 0.496 e. The number of hydrogen-bond acceptors (Lipinski definition) is 3. The molecule has 1 saturated heterocycles. The number of nitrogens with one attached hydrogen (secondary N) is 2. The van der Waals surface area contributed by atoms with Crippen molar-refractivity contribution in [3.05, 3.63) is 29.3 Å². The van der Waals surface area contributed by atoms with Crippen LogP contribution in [0.15, 0.2) is 18.2 Å². The van der Waals surface area contributed by atoms with Crippen LogP contribution in [0.1, 0.15) is 43.2 Å². The van der Waals surface area contributed by atoms with Crippen LogP contribution >= 0.6 is 12.4 Å². The van der Waals surface area contributed by atoms with Crippen LogP contribution in [-0.2, 0) is 11.3 Å². The van der Waals surface area contributed by atoms with Crippen molar-refractivity contribution in [2.45, 2.75) is 57.7 Å². The number of hydrogen-bond donors (Lipinski definition) is 2. The topological polar surface area (TPSA) is 50.4 Å². The molecule has 23 heavy (non-hydrogen) atoms. The molecule has 1 saturated carbocycles. The molecule has 2 fully saturated rings. The molecule has 1 aliphatic carbocycles. The summed E-state index contributed by atoms with van der Waals surface area (Å²) < 4.78 is 5.33. The third kappa shape index (κ3) is 4.18. The van der Waals surface area contributed by atoms with E-state index in [1.165, 1.54) is 25.7 Å². The standard InChI is InChI=1S/C18H26N2O2.ClH/c1-12-7-8-13(9-17(12)22-2)11-19-18(21)16-10-14-5-3-4-6-15(14)20-16;/h7-9,14-16,20H,3-6,10-11H2,1-2H3,(H,19,21);1H. The third-order valence-corrected chi connectivity index (χ3v) is 5.12. The van der Waals surface area contributed by atoms with Crippen molar-refractivity contribution in [1.82, 2.24) is 10.6 Å². The minimum absolute atomic E-state index is 0. The summed E-state index contributed by atoms with van der Waals surface area (Å²) in [4.78, 5) is 12.4. The lowest BCUT2D eigenvalue weighted by Crippen LogP contribution is -2.42. The van der Waals surface area contributed by atoms with E-state index in [2.05, 4.69) is 10.6 Å². The second-order valence-corrected chi connectivity index (χ2v) is 6.63. The average molecular weight is 339 g/mol. The smallest absolute Gasteiger partial charge is 0.237 e. The first kappa shape index (κ1) is 18.1. The molecule has 0 bridgehead atoms. The molecule has 0 radical (unpaired) electrons. The van der Waals surface area contributed by atoms with E-state index in [9.17, 15) is 4.79 Å². The highest BCUT2D eigenvalue weighted by Gasteiger charge is 2.37. The first-order valence-electron chi connectivity index (χ1n) is 8.34. The Labute approximate surface area is 144 Å². The predicted octanol–water partition coefficient (Wildman–Crippen LogP) is 2.96. The number of amides is 1. The van der Waals surface area contributed by atoms with Crippen LogP contribution < -0.4 is 15.4 Å². The molecule has 1 amide bonds. The maximum atomic E-state index is 12.4. The van der Waals surface area contributed by atoms with E-state index in [1.807, 2.05) is 25.1 Å². The fourth-order valence-corrected chi connectivity index (χ4v) is 3.81. The number of rotatable bonds is 4. The van der Waals surface area contributed by atoms with Crippen LogP contribution in [0.25, 0.3) is 0 Å². The number of fused-ring (bicyclic) bond motifs is 1. The SMILES string of the molecule is COc1cc(CNC(=O)C2CC3CCCCC3N2)ccc1C.Cl. The summed E-state index contributed by atoms with van der Waals surface area (Å²) in [6.45, 7) is 2.58. The molecule has 4 nitrogen and oxygen atoms in total. The summed E-state index contributed by atoms with van der Waals surface area (Å²) >= 11 is 0. The summed E-state index contributed by atoms with van der Waals surface area (Å²) in [6, 6.07) is 6.62. The van der Waals surface area contributed by atoms with Gasteiger partial charge in [-0.3, -0.25) is 4.79 Å². The van der Waals surface area contributed by atoms with E-state index in [-0.39, 0.29) is 24.4 Å². The van der Waals surface area contributed by atoms with Crippen LogP contribution in [0.2, 0.25) is 0 Å². The van der Waals surface area contributed by atoms with E-state index in [0.717, 1.165) is 23.3 Å². The van der Waals surface area contributed by atoms with Gasteiger partial charge in [-0.25, -0.2) is 0 Å². The molecule has 2 aliphatic rings. The Bertz CT molecular complexity index is 536. The molecule has 2 N–H and O–H groups in total. The van der Waals surface area contributed by atoms with Gasteiger partial charge in [-0.15, -0.1) is 12.4 Å². The molecule has 1 aliphatic heterocycles. The highest BCUT2D eigenvalue weighted by Crippen LogP contribution is 2.33. The summed E-state index contributed by atoms with van der Waals surface area (Å²) in [5, 5.41) is 6.59. The van der Waals surface area contributed by atoms with Crippen molar-refractivity contribution < 1.29 is 9.53 Å². The highest BCUT2D eigenvalue weighted by molar-refractivity contribution is 5.85. The van der Waals surface area contributed by atoms with Gasteiger partial charge in [0, 0.05) is 12.6 Å². The molecule has 128 valence electrons. The summed E-state index contributed by atoms with van der Waals surface area (Å²) in [5.74, 6) is 1.70. The van der Waals surface area contributed by atoms with Gasteiger partial charge in [-0.05, 0) is 49.3 Å². The minimum atomic E-state index is -0.0135. The molecule has 1 aromatic rings. The van der Waals surface area contributed by atoms with E-state index in [1.54, 1.807) is 7.11 Å². The highest BCUT2D eigenvalue weighted by atomic mass is 35.5. The summed E-state index contributed by atoms with van der Waals surface area (Å²) in [6.07, 6.45) is 6.11. The van der Waals surface area contributed by atoms with Gasteiger partial charge in [0.1, 0.15) is 5.75 Å². The van der Waals surface area contributed by atoms with E-state index in [4.69, 9.17) is 4.74 Å². The maximum Gasteiger partial charge on any atom is 0.237 e. The summed E-state index contributed by atoms with van der Waals surface area (Å²) in [7, 11) is 1.68. The molecule has 3 rings (SSSR count). The van der Waals surface area contributed by atoms with Crippen LogP contribution in [0.3, 0.4) is 0 Å². The van der Waals surface area contributed by atoms with Crippen molar-refractivity contribution in [3.63, 3.8) is 0 Å². The Hall–Kier alpha value is -1.26. The van der Waals surface area contributed by atoms with Crippen LogP contribution in [0, 0.1) is 12.8 Å². The number of benzene rings is 1. The van der Waals surface area contributed by atoms with E-state index < -0.39 is 0 Å². The zero-order valence-electron chi connectivity index (χ0n) is 13.9. The maximum absolute atomic E-state index is 12.4. The minimum Gasteiger partial charge on any atom is -0.496 e. The molecule has 1 aromatic carbocycles. The van der Waals surface area contributed by atoms with Crippen molar-refractivity contribution in [2.75, 3.05) is 7.11 Å². The number of carbonyl (C=O) groups is 1. The number of halogens is 1. The molecule has 1 heterocycles. The number of carbonyl (C=O) groups excluding carboxylic acids is 1. The second-order valence-electron chi connectivity index (χ2n) is 6.63. The first-order chi connectivity index (χ1) is 10.7. The average Bonchev–Trinajstić information content (AvgIpc) is 2.98. The van der Waals surface area contributed by atoms with Gasteiger partial charge < -0.3 is 15.4 Å². The predicted molar refractivity (Wildman–Crippen MR) is 94.1 cm³/mol. The third-order valence-electron chi connectivity index (χ3n) is 5.12. The number of ether oxygens (including phenoxy) is 1. The zero-order valence-corrected chi connectivity index (χ0v) is 14.7. The molecular weight excluding hydrogens is 312 g/mol.